The molecule has 1 fully saturated rings. The fourth-order valence-electron chi connectivity index (χ4n) is 4.66. The molecule has 38 heavy (non-hydrogen) atoms. The molecule has 1 aliphatic heterocycles. The van der Waals surface area contributed by atoms with E-state index in [1.165, 1.54) is 0 Å². The molecule has 1 saturated heterocycles. The van der Waals surface area contributed by atoms with Gasteiger partial charge in [0, 0.05) is 31.0 Å². The van der Waals surface area contributed by atoms with Crippen LogP contribution in [0.2, 0.25) is 0 Å². The highest BCUT2D eigenvalue weighted by Gasteiger charge is 2.28. The van der Waals surface area contributed by atoms with Crippen molar-refractivity contribution in [3.05, 3.63) is 95.6 Å². The van der Waals surface area contributed by atoms with E-state index in [9.17, 15) is 9.59 Å². The molecular weight excluding hydrogens is 480 g/mol. The number of nitrogens with zero attached hydrogens (tertiary/aromatic N) is 4. The summed E-state index contributed by atoms with van der Waals surface area (Å²) >= 11 is 0. The quantitative estimate of drug-likeness (QED) is 0.365. The smallest absolute Gasteiger partial charge is 0.253 e. The number of aryl methyl sites for hydroxylation is 1. The Hall–Kier alpha value is -4.37. The van der Waals surface area contributed by atoms with Crippen LogP contribution in [0.25, 0.3) is 11.4 Å². The van der Waals surface area contributed by atoms with E-state index in [1.54, 1.807) is 30.6 Å². The summed E-state index contributed by atoms with van der Waals surface area (Å²) in [6, 6.07) is 18.7. The Morgan fingerprint density at radius 1 is 1.08 bits per heavy atom. The van der Waals surface area contributed by atoms with Crippen molar-refractivity contribution in [2.45, 2.75) is 32.9 Å². The molecule has 9 heteroatoms. The Bertz CT molecular complexity index is 1400. The fourth-order valence-corrected chi connectivity index (χ4v) is 4.66. The molecule has 2 aromatic carbocycles. The molecule has 5 rings (SSSR count). The third-order valence-electron chi connectivity index (χ3n) is 6.69. The molecule has 0 spiro atoms. The predicted octanol–water partition coefficient (Wildman–Crippen LogP) is 4.22. The number of hydrogen-bond donors (Lipinski definition) is 2. The molecule has 0 saturated carbocycles. The lowest BCUT2D eigenvalue weighted by atomic mass is 9.96. The van der Waals surface area contributed by atoms with Gasteiger partial charge >= 0.3 is 0 Å². The van der Waals surface area contributed by atoms with Gasteiger partial charge < -0.3 is 15.2 Å². The highest BCUT2D eigenvalue weighted by Crippen LogP contribution is 2.24. The summed E-state index contributed by atoms with van der Waals surface area (Å²) < 4.78 is 5.51. The number of anilines is 1. The lowest BCUT2D eigenvalue weighted by molar-refractivity contribution is -0.121. The number of amides is 2. The fraction of sp³-hybridized carbons (Fsp3) is 0.276. The van der Waals surface area contributed by atoms with Crippen molar-refractivity contribution in [3.63, 3.8) is 0 Å². The molecule has 0 bridgehead atoms. The monoisotopic (exact) mass is 510 g/mol. The molecule has 0 radical (unpaired) electrons. The van der Waals surface area contributed by atoms with E-state index in [4.69, 9.17) is 4.52 Å². The number of para-hydroxylation sites is 1. The zero-order valence-electron chi connectivity index (χ0n) is 21.3. The molecule has 194 valence electrons. The SMILES string of the molecule is Cc1ccccc1-c1noc(CN2CCCC(C(=O)Nc3ccccc3C(=O)NCc3cccnc3)C2)n1. The zero-order chi connectivity index (χ0) is 26.3. The second-order valence-corrected chi connectivity index (χ2v) is 9.48. The van der Waals surface area contributed by atoms with Gasteiger partial charge in [-0.05, 0) is 55.6 Å². The second-order valence-electron chi connectivity index (χ2n) is 9.48. The molecule has 2 aromatic heterocycles. The number of benzene rings is 2. The van der Waals surface area contributed by atoms with Gasteiger partial charge in [0.25, 0.3) is 5.91 Å². The second kappa shape index (κ2) is 11.8. The first-order valence-electron chi connectivity index (χ1n) is 12.7. The van der Waals surface area contributed by atoms with Gasteiger partial charge in [-0.3, -0.25) is 19.5 Å². The summed E-state index contributed by atoms with van der Waals surface area (Å²) in [7, 11) is 0. The number of carbonyl (C=O) groups is 2. The topological polar surface area (TPSA) is 113 Å². The minimum absolute atomic E-state index is 0.103. The maximum absolute atomic E-state index is 13.2. The Morgan fingerprint density at radius 3 is 2.76 bits per heavy atom. The van der Waals surface area contributed by atoms with Gasteiger partial charge in [0.2, 0.25) is 17.6 Å². The highest BCUT2D eigenvalue weighted by molar-refractivity contribution is 6.04. The van der Waals surface area contributed by atoms with Crippen LogP contribution in [0.3, 0.4) is 0 Å². The Kier molecular flexibility index (Phi) is 7.84. The first kappa shape index (κ1) is 25.3. The maximum atomic E-state index is 13.2. The summed E-state index contributed by atoms with van der Waals surface area (Å²) in [5, 5.41) is 10.0. The molecule has 0 aliphatic carbocycles. The van der Waals surface area contributed by atoms with Crippen molar-refractivity contribution in [1.29, 1.82) is 0 Å². The van der Waals surface area contributed by atoms with Crippen molar-refractivity contribution in [2.24, 2.45) is 5.92 Å². The van der Waals surface area contributed by atoms with Crippen molar-refractivity contribution in [2.75, 3.05) is 18.4 Å². The molecule has 2 N–H and O–H groups in total. The summed E-state index contributed by atoms with van der Waals surface area (Å²) in [4.78, 5) is 36.9. The first-order chi connectivity index (χ1) is 18.6. The van der Waals surface area contributed by atoms with Crippen LogP contribution >= 0.6 is 0 Å². The largest absolute Gasteiger partial charge is 0.348 e. The lowest BCUT2D eigenvalue weighted by Crippen LogP contribution is -2.40. The van der Waals surface area contributed by atoms with Crippen LogP contribution in [-0.2, 0) is 17.9 Å². The van der Waals surface area contributed by atoms with Crippen molar-refractivity contribution in [1.82, 2.24) is 25.3 Å². The third kappa shape index (κ3) is 6.12. The Labute approximate surface area is 221 Å². The minimum atomic E-state index is -0.254. The van der Waals surface area contributed by atoms with E-state index in [0.717, 1.165) is 36.1 Å². The summed E-state index contributed by atoms with van der Waals surface area (Å²) in [6.45, 7) is 4.27. The average molecular weight is 511 g/mol. The number of aromatic nitrogens is 3. The molecule has 4 aromatic rings. The number of hydrogen-bond acceptors (Lipinski definition) is 7. The Morgan fingerprint density at radius 2 is 1.92 bits per heavy atom. The minimum Gasteiger partial charge on any atom is -0.348 e. The van der Waals surface area contributed by atoms with Gasteiger partial charge in [-0.1, -0.05) is 47.6 Å². The van der Waals surface area contributed by atoms with Crippen LogP contribution in [0.4, 0.5) is 5.69 Å². The van der Waals surface area contributed by atoms with Gasteiger partial charge in [0.15, 0.2) is 0 Å². The Balaban J connectivity index is 1.19. The van der Waals surface area contributed by atoms with Gasteiger partial charge in [0.1, 0.15) is 0 Å². The normalized spacial score (nSPS) is 15.7. The lowest BCUT2D eigenvalue weighted by Gasteiger charge is -2.31. The van der Waals surface area contributed by atoms with Crippen molar-refractivity contribution >= 4 is 17.5 Å². The van der Waals surface area contributed by atoms with Gasteiger partial charge in [0.05, 0.1) is 23.7 Å². The van der Waals surface area contributed by atoms with Crippen LogP contribution in [-0.4, -0.2) is 44.9 Å². The molecule has 9 nitrogen and oxygen atoms in total. The summed E-state index contributed by atoms with van der Waals surface area (Å²) in [6.07, 6.45) is 5.05. The van der Waals surface area contributed by atoms with Crippen LogP contribution in [0.15, 0.2) is 77.6 Å². The number of rotatable bonds is 8. The van der Waals surface area contributed by atoms with Crippen LogP contribution in [0.5, 0.6) is 0 Å². The number of carbonyl (C=O) groups excluding carboxylic acids is 2. The van der Waals surface area contributed by atoms with Gasteiger partial charge in [-0.15, -0.1) is 0 Å². The van der Waals surface area contributed by atoms with Gasteiger partial charge in [-0.25, -0.2) is 0 Å². The maximum Gasteiger partial charge on any atom is 0.253 e. The van der Waals surface area contributed by atoms with Crippen LogP contribution in [0.1, 0.15) is 40.2 Å². The number of piperidine rings is 1. The number of nitrogens with one attached hydrogen (secondary N) is 2. The summed E-state index contributed by atoms with van der Waals surface area (Å²) in [5.41, 5.74) is 3.85. The van der Waals surface area contributed by atoms with E-state index in [2.05, 4.69) is 30.7 Å². The number of pyridine rings is 1. The van der Waals surface area contributed by atoms with Crippen LogP contribution < -0.4 is 10.6 Å². The zero-order valence-corrected chi connectivity index (χ0v) is 21.3. The molecular formula is C29H30N6O3. The van der Waals surface area contributed by atoms with Gasteiger partial charge in [-0.2, -0.15) is 4.98 Å². The van der Waals surface area contributed by atoms with Crippen LogP contribution in [0, 0.1) is 12.8 Å². The number of likely N-dealkylation sites (tertiary alicyclic amines) is 1. The van der Waals surface area contributed by atoms with E-state index in [0.29, 0.717) is 42.6 Å². The van der Waals surface area contributed by atoms with E-state index in [-0.39, 0.29) is 17.7 Å². The average Bonchev–Trinajstić information content (AvgIpc) is 3.41. The highest BCUT2D eigenvalue weighted by atomic mass is 16.5. The first-order valence-corrected chi connectivity index (χ1v) is 12.7. The van der Waals surface area contributed by atoms with E-state index < -0.39 is 0 Å². The van der Waals surface area contributed by atoms with Crippen molar-refractivity contribution < 1.29 is 14.1 Å². The molecule has 1 aliphatic rings. The predicted molar refractivity (Wildman–Crippen MR) is 143 cm³/mol. The van der Waals surface area contributed by atoms with E-state index in [1.807, 2.05) is 49.4 Å². The molecule has 1 atom stereocenters. The van der Waals surface area contributed by atoms with Crippen molar-refractivity contribution in [3.8, 4) is 11.4 Å². The molecule has 3 heterocycles. The summed E-state index contributed by atoms with van der Waals surface area (Å²) in [5.74, 6) is 0.529. The molecule has 1 unspecified atom stereocenters. The standard InChI is InChI=1S/C29H30N6O3/c1-20-8-2-3-11-23(20)27-33-26(38-34-27)19-35-15-7-10-22(18-35)28(36)32-25-13-5-4-12-24(25)29(37)31-17-21-9-6-14-30-16-21/h2-6,8-9,11-14,16,22H,7,10,15,17-19H2,1H3,(H,31,37)(H,32,36). The third-order valence-corrected chi connectivity index (χ3v) is 6.69. The van der Waals surface area contributed by atoms with E-state index >= 15 is 0 Å². The molecule has 2 amide bonds.